The minimum atomic E-state index is 0.551. The number of thioether (sulfide) groups is 1. The molecule has 0 saturated heterocycles. The summed E-state index contributed by atoms with van der Waals surface area (Å²) in [5.74, 6) is 1.95. The van der Waals surface area contributed by atoms with Gasteiger partial charge >= 0.3 is 0 Å². The zero-order chi connectivity index (χ0) is 12.0. The molecule has 0 aliphatic carbocycles. The summed E-state index contributed by atoms with van der Waals surface area (Å²) in [7, 11) is 0. The van der Waals surface area contributed by atoms with Crippen molar-refractivity contribution in [3.8, 4) is 0 Å². The highest BCUT2D eigenvalue weighted by atomic mass is 32.2. The molecule has 0 aromatic heterocycles. The van der Waals surface area contributed by atoms with Crippen LogP contribution in [0.1, 0.15) is 33.3 Å². The fraction of sp³-hybridized carbons (Fsp3) is 0.571. The Kier molecular flexibility index (Phi) is 5.93. The van der Waals surface area contributed by atoms with E-state index in [9.17, 15) is 0 Å². The lowest BCUT2D eigenvalue weighted by Crippen LogP contribution is -2.21. The van der Waals surface area contributed by atoms with Gasteiger partial charge in [-0.2, -0.15) is 0 Å². The zero-order valence-corrected chi connectivity index (χ0v) is 11.6. The van der Waals surface area contributed by atoms with Crippen LogP contribution in [-0.4, -0.2) is 11.8 Å². The maximum absolute atomic E-state index is 3.42. The van der Waals surface area contributed by atoms with Crippen LogP contribution in [0.4, 0.5) is 0 Å². The normalized spacial score (nSPS) is 11.4. The Labute approximate surface area is 104 Å². The quantitative estimate of drug-likeness (QED) is 0.752. The first-order valence-electron chi connectivity index (χ1n) is 6.03. The summed E-state index contributed by atoms with van der Waals surface area (Å²) in [4.78, 5) is 1.38. The van der Waals surface area contributed by atoms with Crippen LogP contribution in [0.2, 0.25) is 0 Å². The molecule has 0 radical (unpaired) electrons. The molecular weight excluding hydrogens is 214 g/mol. The average molecular weight is 237 g/mol. The SMILES string of the molecule is CC(C)CSc1ccc(CNC(C)C)cc1. The standard InChI is InChI=1S/C14H23NS/c1-11(2)10-16-14-7-5-13(6-8-14)9-15-12(3)4/h5-8,11-12,15H,9-10H2,1-4H3. The molecule has 0 unspecified atom stereocenters. The molecule has 0 heterocycles. The summed E-state index contributed by atoms with van der Waals surface area (Å²) in [5, 5.41) is 3.42. The Bertz CT molecular complexity index is 259. The minimum Gasteiger partial charge on any atom is -0.310 e. The van der Waals surface area contributed by atoms with E-state index in [0.717, 1.165) is 12.5 Å². The van der Waals surface area contributed by atoms with Crippen molar-refractivity contribution in [1.29, 1.82) is 0 Å². The van der Waals surface area contributed by atoms with Crippen molar-refractivity contribution < 1.29 is 0 Å². The van der Waals surface area contributed by atoms with E-state index < -0.39 is 0 Å². The Balaban J connectivity index is 2.41. The molecule has 0 aliphatic rings. The molecule has 0 aliphatic heterocycles. The van der Waals surface area contributed by atoms with Gasteiger partial charge in [-0.1, -0.05) is 39.8 Å². The third-order valence-electron chi connectivity index (χ3n) is 2.22. The van der Waals surface area contributed by atoms with Crippen LogP contribution in [0.3, 0.4) is 0 Å². The van der Waals surface area contributed by atoms with Crippen LogP contribution >= 0.6 is 11.8 Å². The summed E-state index contributed by atoms with van der Waals surface area (Å²) in [6.45, 7) is 9.83. The van der Waals surface area contributed by atoms with Crippen molar-refractivity contribution in [2.75, 3.05) is 5.75 Å². The van der Waals surface area contributed by atoms with Gasteiger partial charge in [-0.3, -0.25) is 0 Å². The Morgan fingerprint density at radius 1 is 1.06 bits per heavy atom. The van der Waals surface area contributed by atoms with Crippen molar-refractivity contribution in [3.63, 3.8) is 0 Å². The second-order valence-electron chi connectivity index (χ2n) is 4.88. The summed E-state index contributed by atoms with van der Waals surface area (Å²) >= 11 is 1.94. The molecule has 0 fully saturated rings. The van der Waals surface area contributed by atoms with Gasteiger partial charge in [-0.15, -0.1) is 11.8 Å². The highest BCUT2D eigenvalue weighted by Crippen LogP contribution is 2.20. The first-order chi connectivity index (χ1) is 7.58. The van der Waals surface area contributed by atoms with E-state index in [2.05, 4.69) is 57.3 Å². The molecule has 1 nitrogen and oxygen atoms in total. The van der Waals surface area contributed by atoms with Crippen LogP contribution < -0.4 is 5.32 Å². The van der Waals surface area contributed by atoms with Crippen LogP contribution in [0.25, 0.3) is 0 Å². The van der Waals surface area contributed by atoms with Gasteiger partial charge in [-0.25, -0.2) is 0 Å². The molecule has 1 aromatic carbocycles. The number of hydrogen-bond acceptors (Lipinski definition) is 2. The fourth-order valence-corrected chi connectivity index (χ4v) is 2.14. The van der Waals surface area contributed by atoms with Gasteiger partial charge in [0.1, 0.15) is 0 Å². The molecule has 1 rings (SSSR count). The van der Waals surface area contributed by atoms with Crippen LogP contribution in [0, 0.1) is 5.92 Å². The van der Waals surface area contributed by atoms with E-state index in [1.165, 1.54) is 16.2 Å². The Morgan fingerprint density at radius 2 is 1.69 bits per heavy atom. The minimum absolute atomic E-state index is 0.551. The van der Waals surface area contributed by atoms with Crippen molar-refractivity contribution in [3.05, 3.63) is 29.8 Å². The van der Waals surface area contributed by atoms with Gasteiger partial charge in [0.05, 0.1) is 0 Å². The number of benzene rings is 1. The topological polar surface area (TPSA) is 12.0 Å². The van der Waals surface area contributed by atoms with Crippen molar-refractivity contribution in [1.82, 2.24) is 5.32 Å². The molecule has 1 aromatic rings. The smallest absolute Gasteiger partial charge is 0.0207 e. The van der Waals surface area contributed by atoms with E-state index in [1.54, 1.807) is 0 Å². The van der Waals surface area contributed by atoms with Gasteiger partial charge in [-0.05, 0) is 23.6 Å². The third kappa shape index (κ3) is 5.57. The van der Waals surface area contributed by atoms with Gasteiger partial charge in [0.25, 0.3) is 0 Å². The van der Waals surface area contributed by atoms with Crippen LogP contribution in [0.5, 0.6) is 0 Å². The number of nitrogens with one attached hydrogen (secondary N) is 1. The lowest BCUT2D eigenvalue weighted by atomic mass is 10.2. The third-order valence-corrected chi connectivity index (χ3v) is 3.66. The molecule has 2 heteroatoms. The molecule has 0 atom stereocenters. The highest BCUT2D eigenvalue weighted by molar-refractivity contribution is 7.99. The predicted molar refractivity (Wildman–Crippen MR) is 74.0 cm³/mol. The molecule has 16 heavy (non-hydrogen) atoms. The van der Waals surface area contributed by atoms with Gasteiger partial charge in [0.15, 0.2) is 0 Å². The lowest BCUT2D eigenvalue weighted by Gasteiger charge is -2.09. The Hall–Kier alpha value is -0.470. The summed E-state index contributed by atoms with van der Waals surface area (Å²) in [5.41, 5.74) is 1.36. The zero-order valence-electron chi connectivity index (χ0n) is 10.8. The summed E-state index contributed by atoms with van der Waals surface area (Å²) in [6.07, 6.45) is 0. The molecule has 90 valence electrons. The van der Waals surface area contributed by atoms with Gasteiger partial charge in [0.2, 0.25) is 0 Å². The van der Waals surface area contributed by atoms with Crippen molar-refractivity contribution in [2.24, 2.45) is 5.92 Å². The highest BCUT2D eigenvalue weighted by Gasteiger charge is 1.99. The lowest BCUT2D eigenvalue weighted by molar-refractivity contribution is 0.588. The van der Waals surface area contributed by atoms with Crippen LogP contribution in [-0.2, 0) is 6.54 Å². The first kappa shape index (κ1) is 13.6. The van der Waals surface area contributed by atoms with Gasteiger partial charge < -0.3 is 5.32 Å². The molecule has 0 amide bonds. The number of hydrogen-bond donors (Lipinski definition) is 1. The summed E-state index contributed by atoms with van der Waals surface area (Å²) in [6, 6.07) is 9.44. The molecule has 0 spiro atoms. The first-order valence-corrected chi connectivity index (χ1v) is 7.01. The van der Waals surface area contributed by atoms with Crippen molar-refractivity contribution in [2.45, 2.75) is 45.2 Å². The second kappa shape index (κ2) is 6.97. The largest absolute Gasteiger partial charge is 0.310 e. The monoisotopic (exact) mass is 237 g/mol. The average Bonchev–Trinajstić information content (AvgIpc) is 2.25. The van der Waals surface area contributed by atoms with Crippen LogP contribution in [0.15, 0.2) is 29.2 Å². The Morgan fingerprint density at radius 3 is 2.19 bits per heavy atom. The van der Waals surface area contributed by atoms with Crippen molar-refractivity contribution >= 4 is 11.8 Å². The molecule has 0 saturated carbocycles. The van der Waals surface area contributed by atoms with E-state index in [1.807, 2.05) is 11.8 Å². The maximum atomic E-state index is 3.42. The maximum Gasteiger partial charge on any atom is 0.0207 e. The van der Waals surface area contributed by atoms with Gasteiger partial charge in [0, 0.05) is 23.2 Å². The summed E-state index contributed by atoms with van der Waals surface area (Å²) < 4.78 is 0. The predicted octanol–water partition coefficient (Wildman–Crippen LogP) is 3.93. The van der Waals surface area contributed by atoms with E-state index in [4.69, 9.17) is 0 Å². The number of rotatable bonds is 6. The van der Waals surface area contributed by atoms with E-state index in [0.29, 0.717) is 6.04 Å². The van der Waals surface area contributed by atoms with E-state index in [-0.39, 0.29) is 0 Å². The second-order valence-corrected chi connectivity index (χ2v) is 5.98. The molecular formula is C14H23NS. The van der Waals surface area contributed by atoms with E-state index >= 15 is 0 Å². The fourth-order valence-electron chi connectivity index (χ4n) is 1.29. The molecule has 0 bridgehead atoms. The molecule has 1 N–H and O–H groups in total.